The van der Waals surface area contributed by atoms with Crippen molar-refractivity contribution >= 4 is 11.6 Å². The largest absolute Gasteiger partial charge is 0.491 e. The lowest BCUT2D eigenvalue weighted by atomic mass is 10.1. The van der Waals surface area contributed by atoms with Crippen molar-refractivity contribution < 1.29 is 14.6 Å². The summed E-state index contributed by atoms with van der Waals surface area (Å²) >= 11 is 6.06. The first-order valence-corrected chi connectivity index (χ1v) is 7.50. The van der Waals surface area contributed by atoms with Gasteiger partial charge in [0.2, 0.25) is 0 Å². The van der Waals surface area contributed by atoms with Gasteiger partial charge in [-0.3, -0.25) is 0 Å². The van der Waals surface area contributed by atoms with Crippen LogP contribution >= 0.6 is 11.6 Å². The Morgan fingerprint density at radius 3 is 2.95 bits per heavy atom. The summed E-state index contributed by atoms with van der Waals surface area (Å²) in [5, 5.41) is 13.9. The normalized spacial score (nSPS) is 19.0. The molecule has 2 aromatic rings. The number of fused-ring (bicyclic) bond motifs is 1. The fourth-order valence-electron chi connectivity index (χ4n) is 2.54. The summed E-state index contributed by atoms with van der Waals surface area (Å²) < 4.78 is 10.9. The van der Waals surface area contributed by atoms with Gasteiger partial charge in [0.25, 0.3) is 0 Å². The molecule has 2 aromatic carbocycles. The minimum Gasteiger partial charge on any atom is -0.491 e. The van der Waals surface area contributed by atoms with Crippen LogP contribution in [0.5, 0.6) is 5.75 Å². The molecule has 0 bridgehead atoms. The molecule has 0 spiro atoms. The highest BCUT2D eigenvalue weighted by molar-refractivity contribution is 6.30. The van der Waals surface area contributed by atoms with Crippen LogP contribution in [0, 0.1) is 0 Å². The average molecular weight is 320 g/mol. The van der Waals surface area contributed by atoms with Crippen LogP contribution in [0.15, 0.2) is 42.5 Å². The number of hydrogen-bond acceptors (Lipinski definition) is 4. The summed E-state index contributed by atoms with van der Waals surface area (Å²) in [5.41, 5.74) is 2.83. The average Bonchev–Trinajstić information content (AvgIpc) is 2.76. The zero-order chi connectivity index (χ0) is 15.5. The Bertz CT molecular complexity index is 662. The molecule has 0 amide bonds. The minimum absolute atomic E-state index is 0.0712. The summed E-state index contributed by atoms with van der Waals surface area (Å²) in [6.45, 7) is 1.19. The van der Waals surface area contributed by atoms with Crippen LogP contribution in [0.4, 0.5) is 0 Å². The monoisotopic (exact) mass is 319 g/mol. The number of halogens is 1. The summed E-state index contributed by atoms with van der Waals surface area (Å²) in [7, 11) is 1.47. The number of nitrogens with one attached hydrogen (secondary N) is 1. The zero-order valence-electron chi connectivity index (χ0n) is 12.3. The van der Waals surface area contributed by atoms with E-state index >= 15 is 0 Å². The van der Waals surface area contributed by atoms with Crippen molar-refractivity contribution in [2.45, 2.75) is 18.9 Å². The van der Waals surface area contributed by atoms with Crippen LogP contribution in [0.2, 0.25) is 5.02 Å². The second-order valence-electron chi connectivity index (χ2n) is 5.25. The lowest BCUT2D eigenvalue weighted by Gasteiger charge is -2.16. The van der Waals surface area contributed by atoms with E-state index < -0.39 is 6.29 Å². The molecular weight excluding hydrogens is 302 g/mol. The molecule has 116 valence electrons. The van der Waals surface area contributed by atoms with E-state index in [1.807, 2.05) is 42.5 Å². The molecule has 0 saturated heterocycles. The lowest BCUT2D eigenvalue weighted by Crippen LogP contribution is -2.23. The quantitative estimate of drug-likeness (QED) is 0.853. The van der Waals surface area contributed by atoms with Gasteiger partial charge in [0.1, 0.15) is 12.4 Å². The number of methoxy groups -OCH3 is 1. The maximum absolute atomic E-state index is 9.75. The second-order valence-corrected chi connectivity index (χ2v) is 5.69. The van der Waals surface area contributed by atoms with E-state index in [4.69, 9.17) is 21.1 Å². The van der Waals surface area contributed by atoms with Crippen molar-refractivity contribution in [3.8, 4) is 5.75 Å². The molecule has 3 rings (SSSR count). The van der Waals surface area contributed by atoms with Gasteiger partial charge in [0, 0.05) is 29.8 Å². The number of aliphatic hydroxyl groups excluding tert-OH is 1. The fourth-order valence-corrected chi connectivity index (χ4v) is 2.74. The first-order chi connectivity index (χ1) is 10.7. The first-order valence-electron chi connectivity index (χ1n) is 7.12. The molecular formula is C17H18ClNO3. The molecule has 0 aliphatic carbocycles. The molecule has 0 aromatic heterocycles. The molecule has 1 heterocycles. The van der Waals surface area contributed by atoms with E-state index in [0.717, 1.165) is 16.9 Å². The summed E-state index contributed by atoms with van der Waals surface area (Å²) in [6.07, 6.45) is -0.936. The molecule has 22 heavy (non-hydrogen) atoms. The van der Waals surface area contributed by atoms with Crippen molar-refractivity contribution in [1.29, 1.82) is 0 Å². The first kappa shape index (κ1) is 15.3. The predicted octanol–water partition coefficient (Wildman–Crippen LogP) is 3.20. The van der Waals surface area contributed by atoms with Gasteiger partial charge in [-0.25, -0.2) is 0 Å². The third kappa shape index (κ3) is 3.25. The topological polar surface area (TPSA) is 50.7 Å². The van der Waals surface area contributed by atoms with Gasteiger partial charge in [-0.1, -0.05) is 35.9 Å². The molecule has 2 N–H and O–H groups in total. The van der Waals surface area contributed by atoms with Gasteiger partial charge in [0.15, 0.2) is 6.29 Å². The maximum Gasteiger partial charge on any atom is 0.180 e. The van der Waals surface area contributed by atoms with Gasteiger partial charge in [-0.05, 0) is 23.8 Å². The van der Waals surface area contributed by atoms with E-state index in [-0.39, 0.29) is 6.04 Å². The number of benzene rings is 2. The molecule has 2 atom stereocenters. The second kappa shape index (κ2) is 6.67. The van der Waals surface area contributed by atoms with Gasteiger partial charge >= 0.3 is 0 Å². The Hall–Kier alpha value is -1.59. The standard InChI is InChI=1S/C17H18ClNO3/c1-21-17(20)12-5-6-13-9-19-15(10-22-16(13)8-12)11-3-2-4-14(18)7-11/h2-8,15,17,19-20H,9-10H2,1H3/t15-,17?/m1/s1. The summed E-state index contributed by atoms with van der Waals surface area (Å²) in [6, 6.07) is 13.5. The third-order valence-electron chi connectivity index (χ3n) is 3.80. The smallest absolute Gasteiger partial charge is 0.180 e. The Morgan fingerprint density at radius 1 is 1.32 bits per heavy atom. The SMILES string of the molecule is COC(O)c1ccc2c(c1)OC[C@H](c1cccc(Cl)c1)NC2. The molecule has 1 unspecified atom stereocenters. The fraction of sp³-hybridized carbons (Fsp3) is 0.294. The molecule has 0 fully saturated rings. The zero-order valence-corrected chi connectivity index (χ0v) is 13.0. The predicted molar refractivity (Wildman–Crippen MR) is 84.9 cm³/mol. The van der Waals surface area contributed by atoms with Crippen molar-refractivity contribution in [3.63, 3.8) is 0 Å². The Balaban J connectivity index is 1.80. The number of aliphatic hydroxyl groups is 1. The minimum atomic E-state index is -0.936. The van der Waals surface area contributed by atoms with Gasteiger partial charge < -0.3 is 19.9 Å². The van der Waals surface area contributed by atoms with Gasteiger partial charge in [0.05, 0.1) is 6.04 Å². The van der Waals surface area contributed by atoms with Crippen LogP contribution in [-0.4, -0.2) is 18.8 Å². The van der Waals surface area contributed by atoms with Gasteiger partial charge in [-0.15, -0.1) is 0 Å². The Labute approximate surface area is 134 Å². The van der Waals surface area contributed by atoms with Crippen molar-refractivity contribution in [1.82, 2.24) is 5.32 Å². The highest BCUT2D eigenvalue weighted by Crippen LogP contribution is 2.29. The number of hydrogen-bond donors (Lipinski definition) is 2. The summed E-state index contributed by atoms with van der Waals surface area (Å²) in [5.74, 6) is 0.769. The third-order valence-corrected chi connectivity index (χ3v) is 4.03. The van der Waals surface area contributed by atoms with Crippen LogP contribution in [-0.2, 0) is 11.3 Å². The Kier molecular flexibility index (Phi) is 4.64. The molecule has 0 saturated carbocycles. The van der Waals surface area contributed by atoms with E-state index in [9.17, 15) is 5.11 Å². The van der Waals surface area contributed by atoms with E-state index in [2.05, 4.69) is 5.32 Å². The van der Waals surface area contributed by atoms with Crippen LogP contribution in [0.1, 0.15) is 29.0 Å². The molecule has 1 aliphatic rings. The highest BCUT2D eigenvalue weighted by atomic mass is 35.5. The molecule has 5 heteroatoms. The van der Waals surface area contributed by atoms with Crippen LogP contribution in [0.3, 0.4) is 0 Å². The number of rotatable bonds is 3. The van der Waals surface area contributed by atoms with Crippen LogP contribution in [0.25, 0.3) is 0 Å². The molecule has 0 radical (unpaired) electrons. The lowest BCUT2D eigenvalue weighted by molar-refractivity contribution is -0.0770. The molecule has 1 aliphatic heterocycles. The molecule has 4 nitrogen and oxygen atoms in total. The van der Waals surface area contributed by atoms with Gasteiger partial charge in [-0.2, -0.15) is 0 Å². The van der Waals surface area contributed by atoms with E-state index in [1.165, 1.54) is 7.11 Å². The van der Waals surface area contributed by atoms with Crippen molar-refractivity contribution in [2.75, 3.05) is 13.7 Å². The maximum atomic E-state index is 9.75. The highest BCUT2D eigenvalue weighted by Gasteiger charge is 2.19. The Morgan fingerprint density at radius 2 is 2.18 bits per heavy atom. The van der Waals surface area contributed by atoms with Crippen molar-refractivity contribution in [3.05, 3.63) is 64.2 Å². The van der Waals surface area contributed by atoms with E-state index in [1.54, 1.807) is 0 Å². The summed E-state index contributed by atoms with van der Waals surface area (Å²) in [4.78, 5) is 0. The number of ether oxygens (including phenoxy) is 2. The van der Waals surface area contributed by atoms with Crippen molar-refractivity contribution in [2.24, 2.45) is 0 Å². The van der Waals surface area contributed by atoms with Crippen LogP contribution < -0.4 is 10.1 Å². The van der Waals surface area contributed by atoms with E-state index in [0.29, 0.717) is 23.7 Å².